The van der Waals surface area contributed by atoms with Crippen LogP contribution in [-0.2, 0) is 23.1 Å². The number of nitrogens with zero attached hydrogens (tertiary/aromatic N) is 4. The molecule has 1 aromatic heterocycles. The predicted molar refractivity (Wildman–Crippen MR) is 71.9 cm³/mol. The monoisotopic (exact) mass is 274 g/mol. The van der Waals surface area contributed by atoms with E-state index in [4.69, 9.17) is 0 Å². The van der Waals surface area contributed by atoms with Crippen LogP contribution in [0.25, 0.3) is 0 Å². The van der Waals surface area contributed by atoms with E-state index < -0.39 is 0 Å². The highest BCUT2D eigenvalue weighted by Crippen LogP contribution is 2.13. The molecule has 0 bridgehead atoms. The number of nitrogens with one attached hydrogen (secondary N) is 2. The second-order valence-corrected chi connectivity index (χ2v) is 4.20. The number of hydrogen-bond acceptors (Lipinski definition) is 5. The number of amides is 2. The molecular formula is C12H14N6O2. The molecule has 0 aliphatic heterocycles. The van der Waals surface area contributed by atoms with Crippen molar-refractivity contribution in [2.75, 3.05) is 10.6 Å². The molecule has 2 rings (SSSR count). The molecule has 1 heterocycles. The van der Waals surface area contributed by atoms with Crippen LogP contribution >= 0.6 is 0 Å². The lowest BCUT2D eigenvalue weighted by Crippen LogP contribution is -2.17. The number of aryl methyl sites for hydroxylation is 1. The fourth-order valence-corrected chi connectivity index (χ4v) is 1.59. The van der Waals surface area contributed by atoms with Crippen molar-refractivity contribution in [1.29, 1.82) is 0 Å². The Morgan fingerprint density at radius 3 is 2.25 bits per heavy atom. The third-order valence-corrected chi connectivity index (χ3v) is 2.52. The predicted octanol–water partition coefficient (Wildman–Crippen LogP) is 0.350. The third kappa shape index (κ3) is 3.61. The molecule has 2 N–H and O–H groups in total. The molecule has 2 amide bonds. The lowest BCUT2D eigenvalue weighted by molar-refractivity contribution is -0.116. The van der Waals surface area contributed by atoms with E-state index in [0.717, 1.165) is 0 Å². The van der Waals surface area contributed by atoms with Crippen molar-refractivity contribution in [2.45, 2.75) is 13.3 Å². The van der Waals surface area contributed by atoms with E-state index in [1.807, 2.05) is 0 Å². The molecule has 0 aliphatic carbocycles. The maximum Gasteiger partial charge on any atom is 0.232 e. The Morgan fingerprint density at radius 2 is 1.75 bits per heavy atom. The van der Waals surface area contributed by atoms with Gasteiger partial charge < -0.3 is 10.6 Å². The Kier molecular flexibility index (Phi) is 4.04. The van der Waals surface area contributed by atoms with Gasteiger partial charge in [-0.05, 0) is 34.7 Å². The van der Waals surface area contributed by atoms with Gasteiger partial charge in [0, 0.05) is 25.3 Å². The van der Waals surface area contributed by atoms with Crippen molar-refractivity contribution in [3.05, 3.63) is 30.1 Å². The second kappa shape index (κ2) is 5.91. The first-order chi connectivity index (χ1) is 9.54. The highest BCUT2D eigenvalue weighted by atomic mass is 16.2. The van der Waals surface area contributed by atoms with E-state index in [-0.39, 0.29) is 18.2 Å². The number of carbonyl (C=O) groups is 2. The van der Waals surface area contributed by atoms with E-state index in [9.17, 15) is 9.59 Å². The summed E-state index contributed by atoms with van der Waals surface area (Å²) in [5.74, 6) is 0.129. The van der Waals surface area contributed by atoms with Crippen LogP contribution in [0.4, 0.5) is 11.4 Å². The smallest absolute Gasteiger partial charge is 0.232 e. The number of carbonyl (C=O) groups excluding carboxylic acids is 2. The summed E-state index contributed by atoms with van der Waals surface area (Å²) in [6.07, 6.45) is 0.0942. The zero-order chi connectivity index (χ0) is 14.5. The van der Waals surface area contributed by atoms with Gasteiger partial charge in [0.1, 0.15) is 0 Å². The summed E-state index contributed by atoms with van der Waals surface area (Å²) in [4.78, 5) is 22.7. The molecule has 104 valence electrons. The van der Waals surface area contributed by atoms with Crippen molar-refractivity contribution in [3.63, 3.8) is 0 Å². The van der Waals surface area contributed by atoms with Crippen molar-refractivity contribution in [2.24, 2.45) is 7.05 Å². The minimum absolute atomic E-state index is 0.0942. The molecule has 0 saturated carbocycles. The van der Waals surface area contributed by atoms with Gasteiger partial charge in [-0.25, -0.2) is 4.68 Å². The highest BCUT2D eigenvalue weighted by molar-refractivity contribution is 5.92. The topological polar surface area (TPSA) is 102 Å². The van der Waals surface area contributed by atoms with Gasteiger partial charge in [-0.15, -0.1) is 5.10 Å². The summed E-state index contributed by atoms with van der Waals surface area (Å²) in [7, 11) is 1.67. The van der Waals surface area contributed by atoms with Crippen LogP contribution in [0.1, 0.15) is 12.7 Å². The lowest BCUT2D eigenvalue weighted by Gasteiger charge is -2.06. The van der Waals surface area contributed by atoms with Gasteiger partial charge in [-0.1, -0.05) is 0 Å². The molecule has 0 atom stereocenters. The Hall–Kier alpha value is -2.77. The molecule has 1 aromatic carbocycles. The Bertz CT molecular complexity index is 619. The third-order valence-electron chi connectivity index (χ3n) is 2.52. The first-order valence-corrected chi connectivity index (χ1v) is 5.93. The summed E-state index contributed by atoms with van der Waals surface area (Å²) < 4.78 is 1.44. The fraction of sp³-hybridized carbons (Fsp3) is 0.250. The van der Waals surface area contributed by atoms with Crippen molar-refractivity contribution in [1.82, 2.24) is 20.2 Å². The van der Waals surface area contributed by atoms with Crippen LogP contribution in [0.2, 0.25) is 0 Å². The summed E-state index contributed by atoms with van der Waals surface area (Å²) in [6.45, 7) is 1.44. The first kappa shape index (κ1) is 13.7. The van der Waals surface area contributed by atoms with Gasteiger partial charge in [-0.2, -0.15) is 0 Å². The van der Waals surface area contributed by atoms with E-state index in [0.29, 0.717) is 17.2 Å². The molecule has 2 aromatic rings. The van der Waals surface area contributed by atoms with Crippen LogP contribution in [0.15, 0.2) is 24.3 Å². The lowest BCUT2D eigenvalue weighted by atomic mass is 10.2. The van der Waals surface area contributed by atoms with E-state index in [1.54, 1.807) is 31.3 Å². The number of rotatable bonds is 4. The summed E-state index contributed by atoms with van der Waals surface area (Å²) in [5.41, 5.74) is 1.31. The molecule has 0 saturated heterocycles. The van der Waals surface area contributed by atoms with Crippen LogP contribution in [0.5, 0.6) is 0 Å². The van der Waals surface area contributed by atoms with Gasteiger partial charge in [0.15, 0.2) is 5.82 Å². The maximum absolute atomic E-state index is 11.8. The van der Waals surface area contributed by atoms with E-state index in [2.05, 4.69) is 26.2 Å². The molecule has 0 radical (unpaired) electrons. The van der Waals surface area contributed by atoms with Gasteiger partial charge >= 0.3 is 0 Å². The summed E-state index contributed by atoms with van der Waals surface area (Å²) >= 11 is 0. The Balaban J connectivity index is 1.94. The highest BCUT2D eigenvalue weighted by Gasteiger charge is 2.09. The molecule has 0 unspecified atom stereocenters. The van der Waals surface area contributed by atoms with Gasteiger partial charge in [-0.3, -0.25) is 9.59 Å². The largest absolute Gasteiger partial charge is 0.326 e. The van der Waals surface area contributed by atoms with Gasteiger partial charge in [0.2, 0.25) is 11.8 Å². The molecule has 0 fully saturated rings. The minimum Gasteiger partial charge on any atom is -0.326 e. The zero-order valence-electron chi connectivity index (χ0n) is 11.1. The number of benzene rings is 1. The normalized spacial score (nSPS) is 10.1. The molecule has 8 heteroatoms. The van der Waals surface area contributed by atoms with Gasteiger partial charge in [0.25, 0.3) is 0 Å². The number of anilines is 2. The number of tetrazole rings is 1. The van der Waals surface area contributed by atoms with Crippen LogP contribution in [-0.4, -0.2) is 32.0 Å². The molecule has 20 heavy (non-hydrogen) atoms. The SMILES string of the molecule is CC(=O)Nc1ccc(NC(=O)Cc2nnnn2C)cc1. The average Bonchev–Trinajstić information content (AvgIpc) is 2.77. The molecule has 0 aliphatic rings. The van der Waals surface area contributed by atoms with Crippen molar-refractivity contribution < 1.29 is 9.59 Å². The van der Waals surface area contributed by atoms with Crippen LogP contribution < -0.4 is 10.6 Å². The summed E-state index contributed by atoms with van der Waals surface area (Å²) in [5, 5.41) is 16.2. The van der Waals surface area contributed by atoms with Crippen molar-refractivity contribution in [3.8, 4) is 0 Å². The molecule has 0 spiro atoms. The summed E-state index contributed by atoms with van der Waals surface area (Å²) in [6, 6.07) is 6.83. The van der Waals surface area contributed by atoms with Gasteiger partial charge in [0.05, 0.1) is 6.42 Å². The van der Waals surface area contributed by atoms with Crippen molar-refractivity contribution >= 4 is 23.2 Å². The maximum atomic E-state index is 11.8. The van der Waals surface area contributed by atoms with Crippen LogP contribution in [0, 0.1) is 0 Å². The fourth-order valence-electron chi connectivity index (χ4n) is 1.59. The van der Waals surface area contributed by atoms with Crippen LogP contribution in [0.3, 0.4) is 0 Å². The Morgan fingerprint density at radius 1 is 1.15 bits per heavy atom. The first-order valence-electron chi connectivity index (χ1n) is 5.93. The number of hydrogen-bond donors (Lipinski definition) is 2. The Labute approximate surface area is 115 Å². The molecular weight excluding hydrogens is 260 g/mol. The average molecular weight is 274 g/mol. The standard InChI is InChI=1S/C12H14N6O2/c1-8(19)13-9-3-5-10(6-4-9)14-12(20)7-11-15-16-17-18(11)2/h3-6H,7H2,1-2H3,(H,13,19)(H,14,20). The van der Waals surface area contributed by atoms with E-state index >= 15 is 0 Å². The minimum atomic E-state index is -0.213. The number of aromatic nitrogens is 4. The quantitative estimate of drug-likeness (QED) is 0.837. The van der Waals surface area contributed by atoms with E-state index in [1.165, 1.54) is 11.6 Å². The second-order valence-electron chi connectivity index (χ2n) is 4.20. The molecule has 8 nitrogen and oxygen atoms in total. The zero-order valence-corrected chi connectivity index (χ0v) is 11.1.